The topological polar surface area (TPSA) is 271 Å². The van der Waals surface area contributed by atoms with E-state index in [0.29, 0.717) is 36.8 Å². The first-order valence-electron chi connectivity index (χ1n) is 16.3. The Hall–Kier alpha value is -4.19. The monoisotopic (exact) mass is 708 g/mol. The van der Waals surface area contributed by atoms with Crippen LogP contribution in [0.25, 0.3) is 10.4 Å². The first-order valence-corrected chi connectivity index (χ1v) is 16.3. The molecule has 2 fully saturated rings. The van der Waals surface area contributed by atoms with E-state index in [9.17, 15) is 39.6 Å². The van der Waals surface area contributed by atoms with E-state index in [1.165, 1.54) is 12.1 Å². The molecule has 1 saturated carbocycles. The Morgan fingerprint density at radius 2 is 1.76 bits per heavy atom. The molecule has 2 aliphatic rings. The molecule has 0 radical (unpaired) electrons. The third kappa shape index (κ3) is 10.4. The number of ether oxygens (including phenoxy) is 4. The number of amides is 3. The van der Waals surface area contributed by atoms with Crippen molar-refractivity contribution in [3.63, 3.8) is 0 Å². The summed E-state index contributed by atoms with van der Waals surface area (Å²) in [5.41, 5.74) is 8.71. The number of aromatic hydroxyl groups is 1. The predicted octanol–water partition coefficient (Wildman–Crippen LogP) is 1.13. The van der Waals surface area contributed by atoms with Crippen molar-refractivity contribution < 1.29 is 58.6 Å². The third-order valence-electron chi connectivity index (χ3n) is 8.38. The Bertz CT molecular complexity index is 1420. The van der Waals surface area contributed by atoms with Crippen molar-refractivity contribution in [3.05, 3.63) is 39.3 Å². The predicted molar refractivity (Wildman–Crippen MR) is 175 cm³/mol. The van der Waals surface area contributed by atoms with Crippen LogP contribution in [-0.4, -0.2) is 118 Å². The molecule has 18 nitrogen and oxygen atoms in total. The number of alkyl carbamates (subject to hydrolysis) is 1. The van der Waals surface area contributed by atoms with Crippen LogP contribution in [0, 0.1) is 13.8 Å². The lowest BCUT2D eigenvalue weighted by Crippen LogP contribution is -2.69. The zero-order chi connectivity index (χ0) is 37.4. The summed E-state index contributed by atoms with van der Waals surface area (Å²) < 4.78 is 22.7. The molecule has 3 amide bonds. The molecule has 0 aromatic heterocycles. The summed E-state index contributed by atoms with van der Waals surface area (Å²) in [7, 11) is 1.05. The first kappa shape index (κ1) is 40.2. The summed E-state index contributed by atoms with van der Waals surface area (Å²) in [5.74, 6) is -4.69. The lowest BCUT2D eigenvalue weighted by molar-refractivity contribution is -0.326. The van der Waals surface area contributed by atoms with Gasteiger partial charge in [0.05, 0.1) is 37.5 Å². The van der Waals surface area contributed by atoms with Crippen molar-refractivity contribution in [1.29, 1.82) is 0 Å². The van der Waals surface area contributed by atoms with Crippen LogP contribution < -0.4 is 16.0 Å². The number of benzene rings is 1. The highest BCUT2D eigenvalue weighted by atomic mass is 16.7. The van der Waals surface area contributed by atoms with E-state index in [1.807, 2.05) is 0 Å². The van der Waals surface area contributed by atoms with Gasteiger partial charge >= 0.3 is 12.1 Å². The van der Waals surface area contributed by atoms with Crippen LogP contribution in [0.1, 0.15) is 74.4 Å². The summed E-state index contributed by atoms with van der Waals surface area (Å²) in [5, 5.41) is 55.0. The number of nitrogens with zero attached hydrogens (tertiary/aromatic N) is 3. The van der Waals surface area contributed by atoms with E-state index in [1.54, 1.807) is 34.6 Å². The second-order valence-corrected chi connectivity index (χ2v) is 13.5. The second kappa shape index (κ2) is 17.2. The Morgan fingerprint density at radius 1 is 1.12 bits per heavy atom. The largest absolute Gasteiger partial charge is 0.507 e. The van der Waals surface area contributed by atoms with Gasteiger partial charge in [0.1, 0.15) is 30.1 Å². The van der Waals surface area contributed by atoms with Gasteiger partial charge in [-0.1, -0.05) is 18.0 Å². The smallest absolute Gasteiger partial charge is 0.408 e. The van der Waals surface area contributed by atoms with Crippen LogP contribution in [-0.2, 0) is 28.5 Å². The normalized spacial score (nSPS) is 26.4. The molecule has 0 spiro atoms. The number of rotatable bonds is 12. The molecule has 1 aliphatic heterocycles. The second-order valence-electron chi connectivity index (χ2n) is 13.5. The molecular formula is C32H48N6O12. The highest BCUT2D eigenvalue weighted by Crippen LogP contribution is 2.37. The zero-order valence-electron chi connectivity index (χ0n) is 29.0. The lowest BCUT2D eigenvalue weighted by atomic mass is 9.87. The number of nitrogens with one attached hydrogen (secondary N) is 3. The van der Waals surface area contributed by atoms with Gasteiger partial charge in [-0.2, -0.15) is 0 Å². The van der Waals surface area contributed by atoms with Gasteiger partial charge in [0.25, 0.3) is 11.7 Å². The maximum Gasteiger partial charge on any atom is 0.408 e. The van der Waals surface area contributed by atoms with Gasteiger partial charge < -0.3 is 55.3 Å². The van der Waals surface area contributed by atoms with E-state index < -0.39 is 97.4 Å². The van der Waals surface area contributed by atoms with Crippen LogP contribution >= 0.6 is 0 Å². The van der Waals surface area contributed by atoms with Crippen molar-refractivity contribution in [1.82, 2.24) is 16.0 Å². The van der Waals surface area contributed by atoms with Crippen molar-refractivity contribution in [2.75, 3.05) is 20.2 Å². The minimum absolute atomic E-state index is 0.0277. The van der Waals surface area contributed by atoms with Crippen LogP contribution in [0.2, 0.25) is 0 Å². The molecule has 1 heterocycles. The van der Waals surface area contributed by atoms with Crippen LogP contribution in [0.3, 0.4) is 0 Å². The SMILES string of the molecule is COC(=O)C1(O[C@H]2CCCC[C@H]2NC(=O)CN=[N+]=[N-])CC(O)C(NC(=O)OC(C)(C)C)C([C@H](O)[C@H](O)CNC(=O)c2cc(C)c(O)c(C)c2)O1. The molecule has 1 aromatic rings. The standard InChI is InChI=1S/C32H48N6O12/c1-16-11-18(12-17(2)25(16)42)28(44)34-14-21(40)26(43)27-24(37-30(46)50-31(3,4)5)20(39)13-32(49-27,29(45)47-6)48-22-10-8-7-9-19(22)36-23(41)15-35-38-33/h11-12,19-22,24,26-27,39-40,42-43H,7-10,13-15H2,1-6H3,(H,34,44)(H,36,41)(H,37,46)/t19-,20?,21-,22+,24?,26-,27?,32?/m1/s1. The third-order valence-corrected chi connectivity index (χ3v) is 8.38. The fourth-order valence-electron chi connectivity index (χ4n) is 6.00. The van der Waals surface area contributed by atoms with E-state index in [4.69, 9.17) is 24.5 Å². The quantitative estimate of drug-likeness (QED) is 0.0697. The summed E-state index contributed by atoms with van der Waals surface area (Å²) in [6, 6.07) is 0.754. The van der Waals surface area contributed by atoms with Gasteiger partial charge in [-0.3, -0.25) is 9.59 Å². The van der Waals surface area contributed by atoms with Crippen molar-refractivity contribution in [3.8, 4) is 5.75 Å². The number of aliphatic hydroxyl groups is 3. The number of phenolic OH excluding ortho intramolecular Hbond substituents is 1. The molecule has 1 aromatic carbocycles. The van der Waals surface area contributed by atoms with E-state index >= 15 is 0 Å². The number of aliphatic hydroxyl groups excluding tert-OH is 3. The van der Waals surface area contributed by atoms with E-state index in [0.717, 1.165) is 7.11 Å². The molecule has 3 rings (SSSR count). The average Bonchev–Trinajstić information content (AvgIpc) is 3.05. The fraction of sp³-hybridized carbons (Fsp3) is 0.688. The van der Waals surface area contributed by atoms with E-state index in [-0.39, 0.29) is 11.3 Å². The molecular weight excluding hydrogens is 660 g/mol. The Balaban J connectivity index is 1.92. The fourth-order valence-corrected chi connectivity index (χ4v) is 6.00. The highest BCUT2D eigenvalue weighted by Gasteiger charge is 2.58. The van der Waals surface area contributed by atoms with Crippen molar-refractivity contribution in [2.45, 2.75) is 121 Å². The van der Waals surface area contributed by atoms with Crippen molar-refractivity contribution >= 4 is 23.9 Å². The summed E-state index contributed by atoms with van der Waals surface area (Å²) in [4.78, 5) is 54.1. The number of hydrogen-bond donors (Lipinski definition) is 7. The molecule has 7 N–H and O–H groups in total. The van der Waals surface area contributed by atoms with Crippen LogP contribution in [0.5, 0.6) is 5.75 Å². The van der Waals surface area contributed by atoms with Gasteiger partial charge in [0.2, 0.25) is 5.91 Å². The van der Waals surface area contributed by atoms with Gasteiger partial charge in [-0.25, -0.2) is 9.59 Å². The molecule has 1 saturated heterocycles. The molecule has 1 aliphatic carbocycles. The number of carbonyl (C=O) groups is 4. The lowest BCUT2D eigenvalue weighted by Gasteiger charge is -2.49. The summed E-state index contributed by atoms with van der Waals surface area (Å²) in [6.45, 7) is 7.05. The Labute approximate surface area is 289 Å². The number of hydrogen-bond acceptors (Lipinski definition) is 13. The number of methoxy groups -OCH3 is 1. The summed E-state index contributed by atoms with van der Waals surface area (Å²) >= 11 is 0. The highest BCUT2D eigenvalue weighted by molar-refractivity contribution is 5.95. The zero-order valence-corrected chi connectivity index (χ0v) is 29.0. The Morgan fingerprint density at radius 3 is 2.36 bits per heavy atom. The molecule has 278 valence electrons. The van der Waals surface area contributed by atoms with Gasteiger partial charge in [-0.05, 0) is 76.3 Å². The molecule has 4 unspecified atom stereocenters. The van der Waals surface area contributed by atoms with Crippen molar-refractivity contribution in [2.24, 2.45) is 5.11 Å². The minimum atomic E-state index is -2.40. The molecule has 18 heteroatoms. The maximum absolute atomic E-state index is 13.4. The summed E-state index contributed by atoms with van der Waals surface area (Å²) in [6.07, 6.45) is -7.52. The van der Waals surface area contributed by atoms with E-state index in [2.05, 4.69) is 26.0 Å². The minimum Gasteiger partial charge on any atom is -0.507 e. The number of aryl methyl sites for hydroxylation is 2. The van der Waals surface area contributed by atoms with Gasteiger partial charge in [-0.15, -0.1) is 0 Å². The number of carbonyl (C=O) groups excluding carboxylic acids is 4. The average molecular weight is 709 g/mol. The van der Waals surface area contributed by atoms with Gasteiger partial charge in [0, 0.05) is 23.4 Å². The van der Waals surface area contributed by atoms with Crippen LogP contribution in [0.4, 0.5) is 4.79 Å². The maximum atomic E-state index is 13.4. The molecule has 50 heavy (non-hydrogen) atoms. The number of phenols is 1. The van der Waals surface area contributed by atoms with Gasteiger partial charge in [0.15, 0.2) is 0 Å². The molecule has 0 bridgehead atoms. The number of esters is 1. The number of azide groups is 1. The Kier molecular flexibility index (Phi) is 13.8. The first-order chi connectivity index (χ1) is 23.4. The molecule has 8 atom stereocenters. The van der Waals surface area contributed by atoms with Crippen LogP contribution in [0.15, 0.2) is 17.2 Å².